The van der Waals surface area contributed by atoms with E-state index in [1.807, 2.05) is 0 Å². The van der Waals surface area contributed by atoms with Crippen molar-refractivity contribution < 1.29 is 18.8 Å². The molecule has 2 aromatic rings. The summed E-state index contributed by atoms with van der Waals surface area (Å²) < 4.78 is 10.0. The van der Waals surface area contributed by atoms with Crippen molar-refractivity contribution in [3.05, 3.63) is 34.5 Å². The van der Waals surface area contributed by atoms with Gasteiger partial charge in [0.25, 0.3) is 5.91 Å². The average Bonchev–Trinajstić information content (AvgIpc) is 2.93. The third-order valence-corrected chi connectivity index (χ3v) is 3.50. The molecule has 0 spiro atoms. The van der Waals surface area contributed by atoms with Crippen LogP contribution in [0.2, 0.25) is 5.02 Å². The summed E-state index contributed by atoms with van der Waals surface area (Å²) in [5, 5.41) is 6.42. The first-order valence-electron chi connectivity index (χ1n) is 6.93. The van der Waals surface area contributed by atoms with Gasteiger partial charge in [0.15, 0.2) is 5.82 Å². The van der Waals surface area contributed by atoms with Crippen molar-refractivity contribution in [2.45, 2.75) is 6.92 Å². The third-order valence-electron chi connectivity index (χ3n) is 3.17. The minimum atomic E-state index is -0.430. The summed E-state index contributed by atoms with van der Waals surface area (Å²) in [6.45, 7) is 1.52. The number of aryl methyl sites for hydroxylation is 1. The summed E-state index contributed by atoms with van der Waals surface area (Å²) in [6, 6.07) is 4.44. The molecular formula is C15H18Cl2N4O4. The van der Waals surface area contributed by atoms with Gasteiger partial charge in [-0.15, -0.1) is 12.4 Å². The monoisotopic (exact) mass is 388 g/mol. The van der Waals surface area contributed by atoms with Gasteiger partial charge in [-0.05, 0) is 13.0 Å². The molecular weight excluding hydrogens is 371 g/mol. The molecule has 3 N–H and O–H groups in total. The maximum atomic E-state index is 12.5. The summed E-state index contributed by atoms with van der Waals surface area (Å²) in [5.41, 5.74) is 6.20. The second kappa shape index (κ2) is 8.59. The van der Waals surface area contributed by atoms with Gasteiger partial charge in [0.05, 0.1) is 29.9 Å². The molecule has 0 saturated carbocycles. The van der Waals surface area contributed by atoms with E-state index in [1.54, 1.807) is 13.0 Å². The first-order chi connectivity index (χ1) is 11.3. The van der Waals surface area contributed by atoms with Gasteiger partial charge in [0.1, 0.15) is 11.5 Å². The summed E-state index contributed by atoms with van der Waals surface area (Å²) >= 11 is 5.96. The fourth-order valence-corrected chi connectivity index (χ4v) is 2.17. The van der Waals surface area contributed by atoms with Gasteiger partial charge in [0, 0.05) is 19.2 Å². The lowest BCUT2D eigenvalue weighted by molar-refractivity contribution is -0.116. The largest absolute Gasteiger partial charge is 0.496 e. The normalized spacial score (nSPS) is 9.92. The number of hydrogen-bond donors (Lipinski definition) is 2. The molecule has 0 bridgehead atoms. The van der Waals surface area contributed by atoms with E-state index in [0.717, 1.165) is 0 Å². The van der Waals surface area contributed by atoms with Gasteiger partial charge in [-0.1, -0.05) is 16.8 Å². The van der Waals surface area contributed by atoms with Crippen molar-refractivity contribution in [3.8, 4) is 5.75 Å². The van der Waals surface area contributed by atoms with Gasteiger partial charge >= 0.3 is 0 Å². The molecule has 0 unspecified atom stereocenters. The highest BCUT2D eigenvalue weighted by Gasteiger charge is 2.20. The lowest BCUT2D eigenvalue weighted by Crippen LogP contribution is -2.35. The Kier molecular flexibility index (Phi) is 7.08. The maximum Gasteiger partial charge on any atom is 0.257 e. The highest BCUT2D eigenvalue weighted by atomic mass is 35.5. The van der Waals surface area contributed by atoms with E-state index in [9.17, 15) is 9.59 Å². The molecule has 0 fully saturated rings. The van der Waals surface area contributed by atoms with Crippen LogP contribution in [0.1, 0.15) is 16.1 Å². The second-order valence-electron chi connectivity index (χ2n) is 5.11. The van der Waals surface area contributed by atoms with Gasteiger partial charge in [0.2, 0.25) is 5.91 Å². The fraction of sp³-hybridized carbons (Fsp3) is 0.267. The van der Waals surface area contributed by atoms with E-state index in [4.69, 9.17) is 26.6 Å². The van der Waals surface area contributed by atoms with Crippen LogP contribution in [0, 0.1) is 6.92 Å². The number of ether oxygens (including phenoxy) is 1. The number of carbonyl (C=O) groups excluding carboxylic acids is 2. The minimum absolute atomic E-state index is 0. The van der Waals surface area contributed by atoms with E-state index in [0.29, 0.717) is 11.4 Å². The van der Waals surface area contributed by atoms with Crippen LogP contribution >= 0.6 is 24.0 Å². The number of rotatable bonds is 5. The number of amides is 2. The van der Waals surface area contributed by atoms with E-state index in [2.05, 4.69) is 10.5 Å². The van der Waals surface area contributed by atoms with Crippen LogP contribution in [0.5, 0.6) is 5.75 Å². The number of halogens is 2. The molecule has 8 nitrogen and oxygen atoms in total. The van der Waals surface area contributed by atoms with Gasteiger partial charge in [-0.3, -0.25) is 9.59 Å². The predicted molar refractivity (Wildman–Crippen MR) is 96.5 cm³/mol. The van der Waals surface area contributed by atoms with Crippen molar-refractivity contribution in [2.24, 2.45) is 0 Å². The van der Waals surface area contributed by atoms with Crippen molar-refractivity contribution in [3.63, 3.8) is 0 Å². The topological polar surface area (TPSA) is 111 Å². The minimum Gasteiger partial charge on any atom is -0.496 e. The highest BCUT2D eigenvalue weighted by molar-refractivity contribution is 6.33. The number of nitrogens with two attached hydrogens (primary N) is 1. The standard InChI is InChI=1S/C15H17ClN4O4.ClH/c1-8-4-13(19-24-8)18-14(21)7-20(2)15(22)9-5-10(16)11(17)6-12(9)23-3;/h4-6H,7,17H2,1-3H3,(H,18,19,21);1H. The van der Waals surface area contributed by atoms with Crippen molar-refractivity contribution in [2.75, 3.05) is 31.8 Å². The lowest BCUT2D eigenvalue weighted by atomic mass is 10.1. The predicted octanol–water partition coefficient (Wildman–Crippen LogP) is 2.36. The summed E-state index contributed by atoms with van der Waals surface area (Å²) in [5.74, 6) is 0.281. The number of likely N-dealkylation sites (N-methyl/N-ethyl adjacent to an activating group) is 1. The molecule has 1 aromatic heterocycles. The van der Waals surface area contributed by atoms with Crippen LogP contribution in [-0.4, -0.2) is 42.6 Å². The molecule has 0 saturated heterocycles. The SMILES string of the molecule is COc1cc(N)c(Cl)cc1C(=O)N(C)CC(=O)Nc1cc(C)on1.Cl. The summed E-state index contributed by atoms with van der Waals surface area (Å²) in [6.07, 6.45) is 0. The molecule has 0 radical (unpaired) electrons. The Morgan fingerprint density at radius 3 is 2.64 bits per heavy atom. The van der Waals surface area contributed by atoms with Crippen molar-refractivity contribution in [1.82, 2.24) is 10.1 Å². The van der Waals surface area contributed by atoms with Crippen molar-refractivity contribution in [1.29, 1.82) is 0 Å². The number of nitrogens with one attached hydrogen (secondary N) is 1. The number of methoxy groups -OCH3 is 1. The molecule has 0 aliphatic rings. The molecule has 1 heterocycles. The Balaban J connectivity index is 0.00000312. The quantitative estimate of drug-likeness (QED) is 0.760. The number of benzene rings is 1. The van der Waals surface area contributed by atoms with E-state index in [-0.39, 0.29) is 41.1 Å². The zero-order chi connectivity index (χ0) is 17.9. The van der Waals surface area contributed by atoms with Gasteiger partial charge < -0.3 is 25.2 Å². The second-order valence-corrected chi connectivity index (χ2v) is 5.51. The zero-order valence-electron chi connectivity index (χ0n) is 13.8. The average molecular weight is 389 g/mol. The number of nitrogens with zero attached hydrogens (tertiary/aromatic N) is 2. The molecule has 2 amide bonds. The Bertz CT molecular complexity index is 779. The zero-order valence-corrected chi connectivity index (χ0v) is 15.4. The number of nitrogen functional groups attached to an aromatic ring is 1. The van der Waals surface area contributed by atoms with Gasteiger partial charge in [-0.25, -0.2) is 0 Å². The molecule has 10 heteroatoms. The summed E-state index contributed by atoms with van der Waals surface area (Å²) in [7, 11) is 2.90. The smallest absolute Gasteiger partial charge is 0.257 e. The number of aromatic nitrogens is 1. The molecule has 0 aliphatic carbocycles. The van der Waals surface area contributed by atoms with E-state index in [1.165, 1.54) is 31.2 Å². The number of carbonyl (C=O) groups is 2. The van der Waals surface area contributed by atoms with Crippen LogP contribution in [-0.2, 0) is 4.79 Å². The number of anilines is 2. The van der Waals surface area contributed by atoms with E-state index >= 15 is 0 Å². The Morgan fingerprint density at radius 2 is 2.08 bits per heavy atom. The van der Waals surface area contributed by atoms with Crippen molar-refractivity contribution >= 4 is 47.3 Å². The van der Waals surface area contributed by atoms with Crippen LogP contribution in [0.15, 0.2) is 22.7 Å². The first-order valence-corrected chi connectivity index (χ1v) is 7.31. The first kappa shape index (κ1) is 20.6. The fourth-order valence-electron chi connectivity index (χ4n) is 2.01. The van der Waals surface area contributed by atoms with Crippen LogP contribution in [0.3, 0.4) is 0 Å². The Hall–Kier alpha value is -2.45. The Labute approximate surface area is 155 Å². The van der Waals surface area contributed by atoms with Crippen LogP contribution < -0.4 is 15.8 Å². The molecule has 0 atom stereocenters. The van der Waals surface area contributed by atoms with E-state index < -0.39 is 11.8 Å². The molecule has 1 aromatic carbocycles. The highest BCUT2D eigenvalue weighted by Crippen LogP contribution is 2.29. The summed E-state index contributed by atoms with van der Waals surface area (Å²) in [4.78, 5) is 25.7. The van der Waals surface area contributed by atoms with Crippen LogP contribution in [0.4, 0.5) is 11.5 Å². The third kappa shape index (κ3) is 5.01. The van der Waals surface area contributed by atoms with Gasteiger partial charge in [-0.2, -0.15) is 0 Å². The van der Waals surface area contributed by atoms with Crippen LogP contribution in [0.25, 0.3) is 0 Å². The Morgan fingerprint density at radius 1 is 1.40 bits per heavy atom. The molecule has 0 aliphatic heterocycles. The maximum absolute atomic E-state index is 12.5. The number of hydrogen-bond acceptors (Lipinski definition) is 6. The molecule has 2 rings (SSSR count). The molecule has 136 valence electrons. The lowest BCUT2D eigenvalue weighted by Gasteiger charge is -2.18. The molecule has 25 heavy (non-hydrogen) atoms.